The van der Waals surface area contributed by atoms with Crippen molar-refractivity contribution < 1.29 is 24.0 Å². The van der Waals surface area contributed by atoms with Gasteiger partial charge in [-0.3, -0.25) is 29.4 Å². The second-order valence-electron chi connectivity index (χ2n) is 6.85. The van der Waals surface area contributed by atoms with Crippen molar-refractivity contribution in [2.24, 2.45) is 0 Å². The number of carbonyl (C=O) groups is 3. The van der Waals surface area contributed by atoms with Gasteiger partial charge in [0.15, 0.2) is 0 Å². The molecule has 0 saturated carbocycles. The number of nitro groups is 1. The summed E-state index contributed by atoms with van der Waals surface area (Å²) in [4.78, 5) is 50.7. The van der Waals surface area contributed by atoms with Crippen LogP contribution in [-0.2, 0) is 9.53 Å². The maximum absolute atomic E-state index is 12.5. The number of nitro benzene ring substituents is 1. The smallest absolute Gasteiger partial charge is 0.282 e. The molecule has 10 heteroatoms. The molecule has 2 aliphatic rings. The van der Waals surface area contributed by atoms with Crippen LogP contribution in [0.15, 0.2) is 42.5 Å². The minimum atomic E-state index is -0.847. The predicted octanol–water partition coefficient (Wildman–Crippen LogP) is 1.67. The summed E-state index contributed by atoms with van der Waals surface area (Å²) in [6.07, 6.45) is 0. The number of fused-ring (bicyclic) bond motifs is 1. The van der Waals surface area contributed by atoms with Gasteiger partial charge in [0, 0.05) is 30.5 Å². The Morgan fingerprint density at radius 1 is 1.07 bits per heavy atom. The topological polar surface area (TPSA) is 122 Å². The fourth-order valence-corrected chi connectivity index (χ4v) is 3.53. The molecule has 2 aliphatic heterocycles. The maximum Gasteiger partial charge on any atom is 0.282 e. The zero-order chi connectivity index (χ0) is 21.3. The summed E-state index contributed by atoms with van der Waals surface area (Å²) in [5.41, 5.74) is 0.711. The number of hydrogen-bond acceptors (Lipinski definition) is 7. The highest BCUT2D eigenvalue weighted by Crippen LogP contribution is 2.30. The van der Waals surface area contributed by atoms with Crippen molar-refractivity contribution in [3.63, 3.8) is 0 Å². The number of morpholine rings is 1. The van der Waals surface area contributed by atoms with E-state index in [1.54, 1.807) is 12.1 Å². The summed E-state index contributed by atoms with van der Waals surface area (Å²) >= 11 is 0. The molecule has 0 bridgehead atoms. The molecule has 2 heterocycles. The Morgan fingerprint density at radius 2 is 1.77 bits per heavy atom. The minimum Gasteiger partial charge on any atom is -0.378 e. The summed E-state index contributed by atoms with van der Waals surface area (Å²) in [6, 6.07) is 11.0. The lowest BCUT2D eigenvalue weighted by Gasteiger charge is -2.28. The van der Waals surface area contributed by atoms with Gasteiger partial charge in [-0.05, 0) is 30.3 Å². The highest BCUT2D eigenvalue weighted by atomic mass is 16.6. The number of amides is 3. The maximum atomic E-state index is 12.5. The molecule has 0 unspecified atom stereocenters. The SMILES string of the molecule is O=C(CN1C(=O)c2cccc([N+](=O)[O-])c2C1=O)Nc1ccc(N2CCOCC2)cc1. The van der Waals surface area contributed by atoms with Crippen LogP contribution in [0.25, 0.3) is 0 Å². The van der Waals surface area contributed by atoms with Crippen LogP contribution in [0.2, 0.25) is 0 Å². The molecule has 4 rings (SSSR count). The minimum absolute atomic E-state index is 0.0723. The van der Waals surface area contributed by atoms with E-state index in [4.69, 9.17) is 4.74 Å². The highest BCUT2D eigenvalue weighted by Gasteiger charge is 2.41. The van der Waals surface area contributed by atoms with Crippen LogP contribution in [-0.4, -0.2) is 60.4 Å². The average Bonchev–Trinajstić information content (AvgIpc) is 2.99. The van der Waals surface area contributed by atoms with Crippen molar-refractivity contribution in [2.45, 2.75) is 0 Å². The molecule has 154 valence electrons. The molecule has 2 aromatic carbocycles. The lowest BCUT2D eigenvalue weighted by atomic mass is 10.1. The van der Waals surface area contributed by atoms with Crippen LogP contribution in [0.5, 0.6) is 0 Å². The Balaban J connectivity index is 1.43. The number of anilines is 2. The van der Waals surface area contributed by atoms with Gasteiger partial charge in [-0.15, -0.1) is 0 Å². The van der Waals surface area contributed by atoms with Crippen LogP contribution < -0.4 is 10.2 Å². The molecule has 30 heavy (non-hydrogen) atoms. The zero-order valence-electron chi connectivity index (χ0n) is 15.9. The highest BCUT2D eigenvalue weighted by molar-refractivity contribution is 6.24. The Hall–Kier alpha value is -3.79. The molecule has 1 saturated heterocycles. The Bertz CT molecular complexity index is 1030. The Kier molecular flexibility index (Phi) is 5.15. The summed E-state index contributed by atoms with van der Waals surface area (Å²) in [6.45, 7) is 2.37. The predicted molar refractivity (Wildman–Crippen MR) is 107 cm³/mol. The quantitative estimate of drug-likeness (QED) is 0.452. The number of carbonyl (C=O) groups excluding carboxylic acids is 3. The summed E-state index contributed by atoms with van der Waals surface area (Å²) in [7, 11) is 0. The van der Waals surface area contributed by atoms with E-state index in [0.29, 0.717) is 18.9 Å². The third-order valence-corrected chi connectivity index (χ3v) is 5.00. The molecule has 0 aromatic heterocycles. The average molecular weight is 410 g/mol. The van der Waals surface area contributed by atoms with Gasteiger partial charge in [-0.25, -0.2) is 0 Å². The van der Waals surface area contributed by atoms with Crippen molar-refractivity contribution in [1.82, 2.24) is 4.90 Å². The van der Waals surface area contributed by atoms with Crippen molar-refractivity contribution in [2.75, 3.05) is 43.1 Å². The third-order valence-electron chi connectivity index (χ3n) is 5.00. The monoisotopic (exact) mass is 410 g/mol. The van der Waals surface area contributed by atoms with Gasteiger partial charge >= 0.3 is 0 Å². The molecule has 0 spiro atoms. The number of ether oxygens (including phenoxy) is 1. The molecule has 2 aromatic rings. The van der Waals surface area contributed by atoms with Crippen molar-refractivity contribution in [3.8, 4) is 0 Å². The molecule has 0 aliphatic carbocycles. The van der Waals surface area contributed by atoms with Crippen LogP contribution in [0.4, 0.5) is 17.1 Å². The fourth-order valence-electron chi connectivity index (χ4n) is 3.53. The summed E-state index contributed by atoms with van der Waals surface area (Å²) < 4.78 is 5.33. The van der Waals surface area contributed by atoms with E-state index in [9.17, 15) is 24.5 Å². The first-order valence-electron chi connectivity index (χ1n) is 9.32. The van der Waals surface area contributed by atoms with Gasteiger partial charge in [0.2, 0.25) is 5.91 Å². The van der Waals surface area contributed by atoms with Gasteiger partial charge < -0.3 is 15.0 Å². The molecule has 0 atom stereocenters. The van der Waals surface area contributed by atoms with Crippen LogP contribution >= 0.6 is 0 Å². The van der Waals surface area contributed by atoms with Gasteiger partial charge in [0.25, 0.3) is 17.5 Å². The molecule has 1 N–H and O–H groups in total. The van der Waals surface area contributed by atoms with Crippen molar-refractivity contribution >= 4 is 34.8 Å². The Labute approximate surface area is 171 Å². The summed E-state index contributed by atoms with van der Waals surface area (Å²) in [5.74, 6) is -2.15. The number of benzene rings is 2. The van der Waals surface area contributed by atoms with Crippen molar-refractivity contribution in [1.29, 1.82) is 0 Å². The first-order valence-corrected chi connectivity index (χ1v) is 9.32. The number of nitrogens with zero attached hydrogens (tertiary/aromatic N) is 3. The van der Waals surface area contributed by atoms with E-state index >= 15 is 0 Å². The van der Waals surface area contributed by atoms with E-state index in [0.717, 1.165) is 29.7 Å². The lowest BCUT2D eigenvalue weighted by Crippen LogP contribution is -2.37. The largest absolute Gasteiger partial charge is 0.378 e. The van der Waals surface area contributed by atoms with E-state index in [1.807, 2.05) is 12.1 Å². The molecule has 10 nitrogen and oxygen atoms in total. The van der Waals surface area contributed by atoms with Gasteiger partial charge in [-0.1, -0.05) is 6.07 Å². The molecule has 0 radical (unpaired) electrons. The number of hydrogen-bond donors (Lipinski definition) is 1. The fraction of sp³-hybridized carbons (Fsp3) is 0.250. The van der Waals surface area contributed by atoms with Gasteiger partial charge in [-0.2, -0.15) is 0 Å². The number of imide groups is 1. The molecular formula is C20H18N4O6. The van der Waals surface area contributed by atoms with Crippen molar-refractivity contribution in [3.05, 3.63) is 63.7 Å². The van der Waals surface area contributed by atoms with E-state index in [1.165, 1.54) is 12.1 Å². The molecule has 3 amide bonds. The van der Waals surface area contributed by atoms with E-state index in [2.05, 4.69) is 10.2 Å². The second-order valence-corrected chi connectivity index (χ2v) is 6.85. The first kappa shape index (κ1) is 19.5. The zero-order valence-corrected chi connectivity index (χ0v) is 15.9. The van der Waals surface area contributed by atoms with E-state index in [-0.39, 0.29) is 11.1 Å². The lowest BCUT2D eigenvalue weighted by molar-refractivity contribution is -0.385. The number of nitrogens with one attached hydrogen (secondary N) is 1. The third kappa shape index (κ3) is 3.60. The summed E-state index contributed by atoms with van der Waals surface area (Å²) in [5, 5.41) is 13.8. The van der Waals surface area contributed by atoms with Crippen LogP contribution in [0.1, 0.15) is 20.7 Å². The van der Waals surface area contributed by atoms with Gasteiger partial charge in [0.05, 0.1) is 23.7 Å². The standard InChI is InChI=1S/C20H18N4O6/c25-17(21-13-4-6-14(7-5-13)22-8-10-30-11-9-22)12-23-19(26)15-2-1-3-16(24(28)29)18(15)20(23)27/h1-7H,8-12H2,(H,21,25). The van der Waals surface area contributed by atoms with Gasteiger partial charge in [0.1, 0.15) is 12.1 Å². The molecule has 1 fully saturated rings. The normalized spacial score (nSPS) is 15.9. The Morgan fingerprint density at radius 3 is 2.43 bits per heavy atom. The number of rotatable bonds is 5. The first-order chi connectivity index (χ1) is 14.5. The van der Waals surface area contributed by atoms with Crippen LogP contribution in [0, 0.1) is 10.1 Å². The van der Waals surface area contributed by atoms with E-state index < -0.39 is 34.9 Å². The molecular weight excluding hydrogens is 392 g/mol. The second kappa shape index (κ2) is 7.91. The van der Waals surface area contributed by atoms with Crippen LogP contribution in [0.3, 0.4) is 0 Å².